The van der Waals surface area contributed by atoms with Crippen LogP contribution in [-0.4, -0.2) is 34.9 Å². The summed E-state index contributed by atoms with van der Waals surface area (Å²) >= 11 is 12.5. The van der Waals surface area contributed by atoms with Crippen LogP contribution in [0.1, 0.15) is 28.8 Å². The molecule has 3 aromatic carbocycles. The maximum absolute atomic E-state index is 13.7. The molecule has 8 nitrogen and oxygen atoms in total. The van der Waals surface area contributed by atoms with Crippen molar-refractivity contribution in [2.75, 3.05) is 18.5 Å². The van der Waals surface area contributed by atoms with Crippen molar-refractivity contribution in [3.63, 3.8) is 0 Å². The smallest absolute Gasteiger partial charge is 0.299 e. The Labute approximate surface area is 235 Å². The molecule has 1 saturated heterocycles. The minimum atomic E-state index is -0.487. The van der Waals surface area contributed by atoms with Gasteiger partial charge in [-0.15, -0.1) is 0 Å². The lowest BCUT2D eigenvalue weighted by molar-refractivity contribution is 0.0858. The molecule has 0 saturated carbocycles. The fraction of sp³-hybridized carbons (Fsp3) is 0.207. The monoisotopic (exact) mass is 564 g/mol. The second-order valence-corrected chi connectivity index (χ2v) is 9.93. The molecule has 0 spiro atoms. The van der Waals surface area contributed by atoms with Crippen LogP contribution in [0.2, 0.25) is 10.0 Å². The molecule has 0 aliphatic carbocycles. The average Bonchev–Trinajstić information content (AvgIpc) is 3.46. The van der Waals surface area contributed by atoms with Gasteiger partial charge in [0.15, 0.2) is 11.4 Å². The Bertz CT molecular complexity index is 1570. The van der Waals surface area contributed by atoms with E-state index >= 15 is 0 Å². The Morgan fingerprint density at radius 1 is 1.10 bits per heavy atom. The predicted octanol–water partition coefficient (Wildman–Crippen LogP) is 6.29. The Balaban J connectivity index is 1.48. The molecule has 0 bridgehead atoms. The van der Waals surface area contributed by atoms with Crippen molar-refractivity contribution >= 4 is 40.5 Å². The summed E-state index contributed by atoms with van der Waals surface area (Å²) in [4.78, 5) is 26.5. The number of ether oxygens (including phenoxy) is 2. The summed E-state index contributed by atoms with van der Waals surface area (Å²) < 4.78 is 12.9. The number of aromatic nitrogens is 2. The van der Waals surface area contributed by atoms with Crippen LogP contribution in [0.25, 0.3) is 5.69 Å². The van der Waals surface area contributed by atoms with Crippen LogP contribution in [-0.2, 0) is 4.74 Å². The molecule has 1 amide bonds. The molecule has 0 unspecified atom stereocenters. The molecular formula is C29H26Cl2N4O4. The fourth-order valence-corrected chi connectivity index (χ4v) is 4.56. The van der Waals surface area contributed by atoms with Gasteiger partial charge in [-0.1, -0.05) is 41.4 Å². The lowest BCUT2D eigenvalue weighted by atomic mass is 10.1. The Morgan fingerprint density at radius 3 is 2.72 bits per heavy atom. The first-order valence-electron chi connectivity index (χ1n) is 12.5. The van der Waals surface area contributed by atoms with E-state index in [0.29, 0.717) is 39.3 Å². The number of aryl methyl sites for hydroxylation is 1. The van der Waals surface area contributed by atoms with Crippen LogP contribution in [0.15, 0.2) is 77.7 Å². The molecule has 1 aliphatic rings. The first-order chi connectivity index (χ1) is 18.9. The number of benzene rings is 3. The van der Waals surface area contributed by atoms with E-state index in [2.05, 4.69) is 15.7 Å². The highest BCUT2D eigenvalue weighted by Crippen LogP contribution is 2.31. The number of nitrogens with one attached hydrogen (secondary N) is 2. The van der Waals surface area contributed by atoms with Crippen molar-refractivity contribution in [2.24, 2.45) is 0 Å². The number of nitrogens with zero attached hydrogens (tertiary/aromatic N) is 2. The Kier molecular flexibility index (Phi) is 8.16. The minimum Gasteiger partial charge on any atom is -0.453 e. The van der Waals surface area contributed by atoms with Crippen LogP contribution in [0.4, 0.5) is 11.4 Å². The summed E-state index contributed by atoms with van der Waals surface area (Å²) in [5, 5.41) is 11.3. The lowest BCUT2D eigenvalue weighted by Crippen LogP contribution is -2.31. The highest BCUT2D eigenvalue weighted by atomic mass is 35.5. The molecule has 1 aliphatic heterocycles. The summed E-state index contributed by atoms with van der Waals surface area (Å²) in [6, 6.07) is 19.0. The first kappa shape index (κ1) is 26.7. The van der Waals surface area contributed by atoms with Gasteiger partial charge in [-0.2, -0.15) is 9.78 Å². The zero-order chi connectivity index (χ0) is 27.4. The third-order valence-electron chi connectivity index (χ3n) is 6.29. The molecule has 10 heteroatoms. The summed E-state index contributed by atoms with van der Waals surface area (Å²) in [6.45, 7) is 3.02. The third kappa shape index (κ3) is 6.25. The number of rotatable bonds is 8. The van der Waals surface area contributed by atoms with Crippen molar-refractivity contribution in [1.82, 2.24) is 15.1 Å². The van der Waals surface area contributed by atoms with Crippen LogP contribution in [0.5, 0.6) is 11.5 Å². The van der Waals surface area contributed by atoms with E-state index in [0.717, 1.165) is 25.0 Å². The normalized spacial score (nSPS) is 14.7. The van der Waals surface area contributed by atoms with E-state index < -0.39 is 5.56 Å². The van der Waals surface area contributed by atoms with Gasteiger partial charge in [-0.25, -0.2) is 0 Å². The highest BCUT2D eigenvalue weighted by Gasteiger charge is 2.19. The van der Waals surface area contributed by atoms with Gasteiger partial charge in [-0.3, -0.25) is 9.59 Å². The van der Waals surface area contributed by atoms with Crippen LogP contribution in [0.3, 0.4) is 0 Å². The molecule has 2 heterocycles. The maximum Gasteiger partial charge on any atom is 0.299 e. The van der Waals surface area contributed by atoms with Crippen molar-refractivity contribution in [1.29, 1.82) is 0 Å². The van der Waals surface area contributed by atoms with E-state index in [1.165, 1.54) is 10.9 Å². The topological polar surface area (TPSA) is 94.5 Å². The largest absolute Gasteiger partial charge is 0.453 e. The number of para-hydroxylation sites is 1. The number of anilines is 2. The average molecular weight is 565 g/mol. The molecule has 1 fully saturated rings. The molecule has 1 atom stereocenters. The molecule has 0 radical (unpaired) electrons. The van der Waals surface area contributed by atoms with E-state index in [1.54, 1.807) is 66.7 Å². The lowest BCUT2D eigenvalue weighted by Gasteiger charge is -2.16. The number of hydrogen-bond donors (Lipinski definition) is 2. The van der Waals surface area contributed by atoms with Crippen molar-refractivity contribution in [3.05, 3.63) is 104 Å². The number of carbonyl (C=O) groups excluding carboxylic acids is 1. The molecule has 1 aromatic heterocycles. The van der Waals surface area contributed by atoms with Crippen LogP contribution >= 0.6 is 23.2 Å². The molecule has 200 valence electrons. The van der Waals surface area contributed by atoms with Crippen molar-refractivity contribution in [3.8, 4) is 17.2 Å². The number of carbonyl (C=O) groups is 1. The van der Waals surface area contributed by atoms with Gasteiger partial charge in [-0.05, 0) is 73.9 Å². The second-order valence-electron chi connectivity index (χ2n) is 9.12. The van der Waals surface area contributed by atoms with Gasteiger partial charge in [0.05, 0.1) is 23.0 Å². The molecule has 5 rings (SSSR count). The first-order valence-corrected chi connectivity index (χ1v) is 13.2. The van der Waals surface area contributed by atoms with E-state index in [9.17, 15) is 9.59 Å². The van der Waals surface area contributed by atoms with Crippen molar-refractivity contribution in [2.45, 2.75) is 25.9 Å². The third-order valence-corrected chi connectivity index (χ3v) is 7.03. The molecular weight excluding hydrogens is 539 g/mol. The quantitative estimate of drug-likeness (QED) is 0.261. The number of hydrogen-bond acceptors (Lipinski definition) is 6. The minimum absolute atomic E-state index is 0.0339. The predicted molar refractivity (Wildman–Crippen MR) is 152 cm³/mol. The maximum atomic E-state index is 13.7. The van der Waals surface area contributed by atoms with Gasteiger partial charge in [0.1, 0.15) is 5.75 Å². The standard InChI is InChI=1S/C29H26Cl2N4O4/c1-18-14-21(11-12-23(18)30)39-26-17-33-35(25-10-3-2-9-24(25)31)29(37)27(26)34-20-7-4-6-19(15-20)28(36)32-16-22-8-5-13-38-22/h2-4,6-7,9-12,14-15,17,22,34H,5,8,13,16H2,1H3,(H,32,36)/t22-/m1/s1. The summed E-state index contributed by atoms with van der Waals surface area (Å²) in [6.07, 6.45) is 3.40. The zero-order valence-corrected chi connectivity index (χ0v) is 22.6. The summed E-state index contributed by atoms with van der Waals surface area (Å²) in [5.41, 5.74) is 1.83. The summed E-state index contributed by atoms with van der Waals surface area (Å²) in [5.74, 6) is 0.447. The number of amides is 1. The highest BCUT2D eigenvalue weighted by molar-refractivity contribution is 6.32. The Morgan fingerprint density at radius 2 is 1.95 bits per heavy atom. The van der Waals surface area contributed by atoms with Gasteiger partial charge in [0.25, 0.3) is 11.5 Å². The van der Waals surface area contributed by atoms with Crippen LogP contribution in [0, 0.1) is 6.92 Å². The van der Waals surface area contributed by atoms with E-state index in [-0.39, 0.29) is 23.4 Å². The SMILES string of the molecule is Cc1cc(Oc2cnn(-c3ccccc3Cl)c(=O)c2Nc2cccc(C(=O)NC[C@H]3CCCO3)c2)ccc1Cl. The van der Waals surface area contributed by atoms with E-state index in [1.807, 2.05) is 6.92 Å². The van der Waals surface area contributed by atoms with Gasteiger partial charge in [0.2, 0.25) is 0 Å². The van der Waals surface area contributed by atoms with Crippen molar-refractivity contribution < 1.29 is 14.3 Å². The number of halogens is 2. The zero-order valence-electron chi connectivity index (χ0n) is 21.1. The second kappa shape index (κ2) is 11.9. The fourth-order valence-electron chi connectivity index (χ4n) is 4.23. The van der Waals surface area contributed by atoms with Gasteiger partial charge in [0, 0.05) is 29.4 Å². The summed E-state index contributed by atoms with van der Waals surface area (Å²) in [7, 11) is 0. The van der Waals surface area contributed by atoms with Gasteiger partial charge < -0.3 is 20.1 Å². The molecule has 4 aromatic rings. The van der Waals surface area contributed by atoms with E-state index in [4.69, 9.17) is 32.7 Å². The molecule has 2 N–H and O–H groups in total. The molecule has 39 heavy (non-hydrogen) atoms. The van der Waals surface area contributed by atoms with Crippen LogP contribution < -0.4 is 20.9 Å². The van der Waals surface area contributed by atoms with Gasteiger partial charge >= 0.3 is 0 Å². The Hall–Kier alpha value is -3.85.